The van der Waals surface area contributed by atoms with Crippen molar-refractivity contribution in [1.82, 2.24) is 0 Å². The van der Waals surface area contributed by atoms with Gasteiger partial charge in [-0.3, -0.25) is 0 Å². The summed E-state index contributed by atoms with van der Waals surface area (Å²) in [5.74, 6) is -2.08. The number of hydrogen-bond acceptors (Lipinski definition) is 6. The van der Waals surface area contributed by atoms with Crippen molar-refractivity contribution in [3.8, 4) is 0 Å². The Bertz CT molecular complexity index is 303. The van der Waals surface area contributed by atoms with Crippen LogP contribution in [0.15, 0.2) is 0 Å². The first-order chi connectivity index (χ1) is 8.83. The zero-order valence-corrected chi connectivity index (χ0v) is 13.1. The summed E-state index contributed by atoms with van der Waals surface area (Å²) >= 11 is 0. The van der Waals surface area contributed by atoms with E-state index < -0.39 is 24.1 Å². The maximum absolute atomic E-state index is 11.5. The van der Waals surface area contributed by atoms with E-state index in [-0.39, 0.29) is 24.0 Å². The van der Waals surface area contributed by atoms with E-state index in [9.17, 15) is 19.8 Å². The summed E-state index contributed by atoms with van der Waals surface area (Å²) in [6.45, 7) is 11.2. The van der Waals surface area contributed by atoms with Crippen LogP contribution in [0.1, 0.15) is 41.5 Å². The van der Waals surface area contributed by atoms with Crippen molar-refractivity contribution in [3.05, 3.63) is 0 Å². The van der Waals surface area contributed by atoms with Crippen molar-refractivity contribution in [2.75, 3.05) is 13.2 Å². The number of carbonyl (C=O) groups excluding carboxylic acids is 2. The minimum Gasteiger partial charge on any atom is -0.463 e. The van der Waals surface area contributed by atoms with Gasteiger partial charge in [0, 0.05) is 0 Å². The van der Waals surface area contributed by atoms with Crippen molar-refractivity contribution < 1.29 is 29.3 Å². The number of hydrogen-bond donors (Lipinski definition) is 2. The van der Waals surface area contributed by atoms with Gasteiger partial charge in [0.1, 0.15) is 0 Å². The van der Waals surface area contributed by atoms with Gasteiger partial charge in [-0.25, -0.2) is 9.59 Å². The second-order valence-corrected chi connectivity index (χ2v) is 7.23. The van der Waals surface area contributed by atoms with Gasteiger partial charge in [0.15, 0.2) is 12.2 Å². The van der Waals surface area contributed by atoms with Crippen molar-refractivity contribution in [1.29, 1.82) is 0 Å². The average Bonchev–Trinajstić information content (AvgIpc) is 2.29. The molecule has 118 valence electrons. The van der Waals surface area contributed by atoms with E-state index in [0.29, 0.717) is 0 Å². The third-order valence-electron chi connectivity index (χ3n) is 2.08. The summed E-state index contributed by atoms with van der Waals surface area (Å²) in [6.07, 6.45) is -3.88. The molecule has 0 aromatic carbocycles. The first-order valence-electron chi connectivity index (χ1n) is 6.53. The second kappa shape index (κ2) is 7.04. The van der Waals surface area contributed by atoms with E-state index in [1.807, 2.05) is 41.5 Å². The minimum absolute atomic E-state index is 0.0760. The Labute approximate surface area is 120 Å². The fourth-order valence-corrected chi connectivity index (χ4v) is 1.00. The molecule has 0 heterocycles. The van der Waals surface area contributed by atoms with Crippen LogP contribution in [-0.2, 0) is 19.1 Å². The zero-order chi connectivity index (χ0) is 16.1. The zero-order valence-electron chi connectivity index (χ0n) is 13.1. The number of carbonyl (C=O) groups is 2. The van der Waals surface area contributed by atoms with E-state index in [1.54, 1.807) is 0 Å². The molecular weight excluding hydrogens is 264 g/mol. The van der Waals surface area contributed by atoms with Gasteiger partial charge in [0.2, 0.25) is 0 Å². The molecule has 2 N–H and O–H groups in total. The lowest BCUT2D eigenvalue weighted by Gasteiger charge is -2.22. The molecule has 0 spiro atoms. The van der Waals surface area contributed by atoms with Crippen LogP contribution in [0.3, 0.4) is 0 Å². The summed E-state index contributed by atoms with van der Waals surface area (Å²) in [6, 6.07) is 0. The van der Waals surface area contributed by atoms with Crippen LogP contribution in [0.2, 0.25) is 0 Å². The van der Waals surface area contributed by atoms with Gasteiger partial charge in [-0.1, -0.05) is 41.5 Å². The molecule has 0 aromatic rings. The molecule has 0 aliphatic rings. The Kier molecular flexibility index (Phi) is 6.64. The summed E-state index contributed by atoms with van der Waals surface area (Å²) < 4.78 is 9.66. The molecule has 0 bridgehead atoms. The van der Waals surface area contributed by atoms with Crippen LogP contribution < -0.4 is 0 Å². The predicted octanol–water partition coefficient (Wildman–Crippen LogP) is 0.887. The Morgan fingerprint density at radius 2 is 1.05 bits per heavy atom. The normalized spacial score (nSPS) is 15.4. The van der Waals surface area contributed by atoms with Crippen molar-refractivity contribution in [2.24, 2.45) is 10.8 Å². The van der Waals surface area contributed by atoms with E-state index in [2.05, 4.69) is 0 Å². The highest BCUT2D eigenvalue weighted by Crippen LogP contribution is 2.15. The highest BCUT2D eigenvalue weighted by atomic mass is 16.6. The summed E-state index contributed by atoms with van der Waals surface area (Å²) in [4.78, 5) is 23.0. The van der Waals surface area contributed by atoms with Gasteiger partial charge < -0.3 is 19.7 Å². The lowest BCUT2D eigenvalue weighted by Crippen LogP contribution is -2.43. The predicted molar refractivity (Wildman–Crippen MR) is 72.8 cm³/mol. The molecule has 0 saturated heterocycles. The van der Waals surface area contributed by atoms with Gasteiger partial charge in [-0.2, -0.15) is 0 Å². The van der Waals surface area contributed by atoms with Crippen LogP contribution in [0.5, 0.6) is 0 Å². The molecule has 6 nitrogen and oxygen atoms in total. The lowest BCUT2D eigenvalue weighted by atomic mass is 9.98. The van der Waals surface area contributed by atoms with Crippen LogP contribution in [0.4, 0.5) is 0 Å². The van der Waals surface area contributed by atoms with Gasteiger partial charge in [-0.15, -0.1) is 0 Å². The van der Waals surface area contributed by atoms with Gasteiger partial charge in [-0.05, 0) is 10.8 Å². The highest BCUT2D eigenvalue weighted by Gasteiger charge is 2.34. The Morgan fingerprint density at radius 3 is 1.25 bits per heavy atom. The van der Waals surface area contributed by atoms with Crippen molar-refractivity contribution in [2.45, 2.75) is 53.8 Å². The van der Waals surface area contributed by atoms with Crippen LogP contribution >= 0.6 is 0 Å². The minimum atomic E-state index is -1.94. The molecule has 0 radical (unpaired) electrons. The third-order valence-corrected chi connectivity index (χ3v) is 2.08. The second-order valence-electron chi connectivity index (χ2n) is 7.23. The number of esters is 2. The molecule has 0 amide bonds. The van der Waals surface area contributed by atoms with Gasteiger partial charge in [0.05, 0.1) is 13.2 Å². The molecule has 6 heteroatoms. The average molecular weight is 290 g/mol. The summed E-state index contributed by atoms with van der Waals surface area (Å²) in [5.41, 5.74) is -0.542. The fraction of sp³-hybridized carbons (Fsp3) is 0.857. The summed E-state index contributed by atoms with van der Waals surface area (Å²) in [5, 5.41) is 19.1. The van der Waals surface area contributed by atoms with Crippen LogP contribution in [0, 0.1) is 10.8 Å². The fourth-order valence-electron chi connectivity index (χ4n) is 1.00. The number of ether oxygens (including phenoxy) is 2. The first-order valence-corrected chi connectivity index (χ1v) is 6.53. The van der Waals surface area contributed by atoms with Gasteiger partial charge in [0.25, 0.3) is 0 Å². The molecule has 0 aliphatic heterocycles. The van der Waals surface area contributed by atoms with Crippen molar-refractivity contribution in [3.63, 3.8) is 0 Å². The molecule has 2 atom stereocenters. The lowest BCUT2D eigenvalue weighted by molar-refractivity contribution is -0.175. The maximum Gasteiger partial charge on any atom is 0.338 e. The molecule has 0 aromatic heterocycles. The van der Waals surface area contributed by atoms with Crippen LogP contribution in [0.25, 0.3) is 0 Å². The summed E-state index contributed by atoms with van der Waals surface area (Å²) in [7, 11) is 0. The first kappa shape index (κ1) is 18.9. The van der Waals surface area contributed by atoms with Gasteiger partial charge >= 0.3 is 11.9 Å². The quantitative estimate of drug-likeness (QED) is 0.730. The van der Waals surface area contributed by atoms with Crippen LogP contribution in [-0.4, -0.2) is 47.6 Å². The molecule has 0 aliphatic carbocycles. The maximum atomic E-state index is 11.5. The molecule has 20 heavy (non-hydrogen) atoms. The standard InChI is InChI=1S/C14H26O6/c1-13(2,3)7-19-11(17)9(15)10(16)12(18)20-8-14(4,5)6/h9-10,15-16H,7-8H2,1-6H3/t9-,10+. The van der Waals surface area contributed by atoms with E-state index in [1.165, 1.54) is 0 Å². The molecule has 0 saturated carbocycles. The molecule has 0 fully saturated rings. The SMILES string of the molecule is CC(C)(C)COC(=O)[C@@H](O)[C@@H](O)C(=O)OCC(C)(C)C. The Morgan fingerprint density at radius 1 is 0.800 bits per heavy atom. The largest absolute Gasteiger partial charge is 0.463 e. The highest BCUT2D eigenvalue weighted by molar-refractivity contribution is 5.85. The number of aliphatic hydroxyl groups is 2. The van der Waals surface area contributed by atoms with Crippen molar-refractivity contribution >= 4 is 11.9 Å². The van der Waals surface area contributed by atoms with E-state index >= 15 is 0 Å². The monoisotopic (exact) mass is 290 g/mol. The third kappa shape index (κ3) is 8.12. The Balaban J connectivity index is 4.35. The number of aliphatic hydroxyl groups excluding tert-OH is 2. The molecular formula is C14H26O6. The molecule has 0 unspecified atom stereocenters. The Hall–Kier alpha value is -1.14. The van der Waals surface area contributed by atoms with E-state index in [0.717, 1.165) is 0 Å². The topological polar surface area (TPSA) is 93.1 Å². The molecule has 0 rings (SSSR count). The number of rotatable bonds is 5. The van der Waals surface area contributed by atoms with E-state index in [4.69, 9.17) is 9.47 Å². The smallest absolute Gasteiger partial charge is 0.338 e.